The molecule has 66 valence electrons. The third-order valence-corrected chi connectivity index (χ3v) is 0.913. The van der Waals surface area contributed by atoms with Gasteiger partial charge in [0.2, 0.25) is 0 Å². The third kappa shape index (κ3) is 7.24. The van der Waals surface area contributed by atoms with Crippen molar-refractivity contribution in [2.75, 3.05) is 33.9 Å². The standard InChI is InChI=1S/C6H14N2O3/c1-7-5-6(9)8-11-4-3-10-2/h7H,3-5H2,1-2H3,(H,8,9). The van der Waals surface area contributed by atoms with Crippen molar-refractivity contribution >= 4 is 5.91 Å². The van der Waals surface area contributed by atoms with Gasteiger partial charge in [-0.15, -0.1) is 0 Å². The number of methoxy groups -OCH3 is 1. The number of nitrogens with one attached hydrogen (secondary N) is 2. The minimum Gasteiger partial charge on any atom is -0.382 e. The van der Waals surface area contributed by atoms with Crippen LogP contribution in [0.5, 0.6) is 0 Å². The molecule has 5 nitrogen and oxygen atoms in total. The molecule has 0 aliphatic carbocycles. The molecule has 0 aliphatic rings. The molecule has 0 aromatic carbocycles. The van der Waals surface area contributed by atoms with Gasteiger partial charge in [-0.25, -0.2) is 5.48 Å². The van der Waals surface area contributed by atoms with Gasteiger partial charge in [0.25, 0.3) is 5.91 Å². The molecule has 0 aliphatic heterocycles. The van der Waals surface area contributed by atoms with E-state index in [0.717, 1.165) is 0 Å². The van der Waals surface area contributed by atoms with Gasteiger partial charge in [0, 0.05) is 7.11 Å². The molecule has 0 atom stereocenters. The second kappa shape index (κ2) is 7.46. The molecule has 0 saturated heterocycles. The lowest BCUT2D eigenvalue weighted by Gasteiger charge is -2.03. The molecule has 0 heterocycles. The molecule has 0 fully saturated rings. The van der Waals surface area contributed by atoms with E-state index < -0.39 is 0 Å². The Bertz CT molecular complexity index is 108. The van der Waals surface area contributed by atoms with E-state index in [1.807, 2.05) is 0 Å². The molecule has 0 bridgehead atoms. The monoisotopic (exact) mass is 162 g/mol. The Kier molecular flexibility index (Phi) is 7.02. The predicted octanol–water partition coefficient (Wildman–Crippen LogP) is -1.10. The Balaban J connectivity index is 3.04. The van der Waals surface area contributed by atoms with Crippen LogP contribution in [-0.2, 0) is 14.4 Å². The van der Waals surface area contributed by atoms with Crippen LogP contribution in [0.3, 0.4) is 0 Å². The number of amides is 1. The summed E-state index contributed by atoms with van der Waals surface area (Å²) >= 11 is 0. The van der Waals surface area contributed by atoms with E-state index in [0.29, 0.717) is 13.2 Å². The molecular formula is C6H14N2O3. The highest BCUT2D eigenvalue weighted by molar-refractivity contribution is 5.76. The summed E-state index contributed by atoms with van der Waals surface area (Å²) in [6, 6.07) is 0. The van der Waals surface area contributed by atoms with Crippen LogP contribution in [0.2, 0.25) is 0 Å². The first-order valence-electron chi connectivity index (χ1n) is 3.35. The lowest BCUT2D eigenvalue weighted by atomic mass is 10.6. The van der Waals surface area contributed by atoms with Crippen LogP contribution < -0.4 is 10.8 Å². The molecule has 5 heteroatoms. The maximum Gasteiger partial charge on any atom is 0.257 e. The van der Waals surface area contributed by atoms with E-state index in [4.69, 9.17) is 9.57 Å². The molecule has 0 spiro atoms. The smallest absolute Gasteiger partial charge is 0.257 e. The topological polar surface area (TPSA) is 59.6 Å². The van der Waals surface area contributed by atoms with Gasteiger partial charge in [0.15, 0.2) is 0 Å². The van der Waals surface area contributed by atoms with Crippen molar-refractivity contribution in [3.8, 4) is 0 Å². The summed E-state index contributed by atoms with van der Waals surface area (Å²) in [6.45, 7) is 1.10. The quantitative estimate of drug-likeness (QED) is 0.384. The van der Waals surface area contributed by atoms with Gasteiger partial charge in [-0.3, -0.25) is 9.63 Å². The number of hydrogen-bond donors (Lipinski definition) is 2. The fourth-order valence-corrected chi connectivity index (χ4v) is 0.453. The Labute approximate surface area is 66.0 Å². The van der Waals surface area contributed by atoms with Crippen LogP contribution in [0.1, 0.15) is 0 Å². The minimum absolute atomic E-state index is 0.191. The Morgan fingerprint density at radius 3 is 2.73 bits per heavy atom. The Morgan fingerprint density at radius 2 is 2.18 bits per heavy atom. The number of likely N-dealkylation sites (N-methyl/N-ethyl adjacent to an activating group) is 1. The first-order chi connectivity index (χ1) is 5.31. The number of hydroxylamine groups is 1. The summed E-state index contributed by atoms with van der Waals surface area (Å²) in [5, 5.41) is 2.69. The maximum atomic E-state index is 10.7. The van der Waals surface area contributed by atoms with Gasteiger partial charge in [-0.05, 0) is 7.05 Å². The van der Waals surface area contributed by atoms with Gasteiger partial charge in [-0.2, -0.15) is 0 Å². The van der Waals surface area contributed by atoms with Gasteiger partial charge in [-0.1, -0.05) is 0 Å². The van der Waals surface area contributed by atoms with Crippen LogP contribution in [0.4, 0.5) is 0 Å². The van der Waals surface area contributed by atoms with E-state index in [2.05, 4.69) is 10.8 Å². The highest BCUT2D eigenvalue weighted by Gasteiger charge is 1.96. The first kappa shape index (κ1) is 10.3. The van der Waals surface area contributed by atoms with Crippen LogP contribution in [0, 0.1) is 0 Å². The fourth-order valence-electron chi connectivity index (χ4n) is 0.453. The van der Waals surface area contributed by atoms with Crippen molar-refractivity contribution in [3.05, 3.63) is 0 Å². The van der Waals surface area contributed by atoms with E-state index in [1.54, 1.807) is 14.2 Å². The number of hydrogen-bond acceptors (Lipinski definition) is 4. The second-order valence-corrected chi connectivity index (χ2v) is 1.90. The van der Waals surface area contributed by atoms with Gasteiger partial charge in [0.05, 0.1) is 19.8 Å². The maximum absolute atomic E-state index is 10.7. The summed E-state index contributed by atoms with van der Waals surface area (Å²) in [5.41, 5.74) is 2.24. The van der Waals surface area contributed by atoms with Gasteiger partial charge in [0.1, 0.15) is 0 Å². The van der Waals surface area contributed by atoms with Crippen molar-refractivity contribution in [1.29, 1.82) is 0 Å². The molecule has 0 aromatic heterocycles. The van der Waals surface area contributed by atoms with Crippen LogP contribution in [-0.4, -0.2) is 39.8 Å². The largest absolute Gasteiger partial charge is 0.382 e. The molecule has 11 heavy (non-hydrogen) atoms. The molecular weight excluding hydrogens is 148 g/mol. The van der Waals surface area contributed by atoms with E-state index >= 15 is 0 Å². The zero-order chi connectivity index (χ0) is 8.53. The average molecular weight is 162 g/mol. The molecule has 0 unspecified atom stereocenters. The third-order valence-electron chi connectivity index (χ3n) is 0.913. The molecule has 2 N–H and O–H groups in total. The van der Waals surface area contributed by atoms with Crippen LogP contribution in [0.25, 0.3) is 0 Å². The zero-order valence-corrected chi connectivity index (χ0v) is 6.85. The normalized spacial score (nSPS) is 9.64. The van der Waals surface area contributed by atoms with E-state index in [9.17, 15) is 4.79 Å². The number of rotatable bonds is 6. The minimum atomic E-state index is -0.191. The summed E-state index contributed by atoms with van der Waals surface area (Å²) in [6.07, 6.45) is 0. The molecule has 0 rings (SSSR count). The number of ether oxygens (including phenoxy) is 1. The van der Waals surface area contributed by atoms with Crippen molar-refractivity contribution in [1.82, 2.24) is 10.8 Å². The van der Waals surface area contributed by atoms with Crippen LogP contribution >= 0.6 is 0 Å². The highest BCUT2D eigenvalue weighted by Crippen LogP contribution is 1.70. The van der Waals surface area contributed by atoms with E-state index in [-0.39, 0.29) is 12.5 Å². The molecule has 0 radical (unpaired) electrons. The predicted molar refractivity (Wildman–Crippen MR) is 39.9 cm³/mol. The average Bonchev–Trinajstić information content (AvgIpc) is 1.99. The Hall–Kier alpha value is -0.650. The van der Waals surface area contributed by atoms with Gasteiger partial charge >= 0.3 is 0 Å². The van der Waals surface area contributed by atoms with Crippen molar-refractivity contribution in [2.24, 2.45) is 0 Å². The van der Waals surface area contributed by atoms with Crippen molar-refractivity contribution in [2.45, 2.75) is 0 Å². The first-order valence-corrected chi connectivity index (χ1v) is 3.35. The highest BCUT2D eigenvalue weighted by atomic mass is 16.7. The number of carbonyl (C=O) groups excluding carboxylic acids is 1. The summed E-state index contributed by atoms with van der Waals surface area (Å²) < 4.78 is 4.69. The lowest BCUT2D eigenvalue weighted by Crippen LogP contribution is -2.32. The van der Waals surface area contributed by atoms with Crippen LogP contribution in [0.15, 0.2) is 0 Å². The van der Waals surface area contributed by atoms with Crippen molar-refractivity contribution in [3.63, 3.8) is 0 Å². The van der Waals surface area contributed by atoms with Gasteiger partial charge < -0.3 is 10.1 Å². The molecule has 0 aromatic rings. The summed E-state index contributed by atoms with van der Waals surface area (Å²) in [5.74, 6) is -0.191. The SMILES string of the molecule is CNCC(=O)NOCCOC. The Morgan fingerprint density at radius 1 is 1.45 bits per heavy atom. The van der Waals surface area contributed by atoms with Crippen molar-refractivity contribution < 1.29 is 14.4 Å². The summed E-state index contributed by atoms with van der Waals surface area (Å²) in [4.78, 5) is 15.4. The number of carbonyl (C=O) groups is 1. The second-order valence-electron chi connectivity index (χ2n) is 1.90. The molecule has 1 amide bonds. The fraction of sp³-hybridized carbons (Fsp3) is 0.833. The van der Waals surface area contributed by atoms with E-state index in [1.165, 1.54) is 0 Å². The zero-order valence-electron chi connectivity index (χ0n) is 6.85. The summed E-state index contributed by atoms with van der Waals surface area (Å²) in [7, 11) is 3.26. The lowest BCUT2D eigenvalue weighted by molar-refractivity contribution is -0.133. The molecule has 0 saturated carbocycles.